The summed E-state index contributed by atoms with van der Waals surface area (Å²) in [7, 11) is 0. The molecule has 1 aromatic carbocycles. The first-order valence-corrected chi connectivity index (χ1v) is 8.35. The van der Waals surface area contributed by atoms with Gasteiger partial charge in [0, 0.05) is 24.3 Å². The van der Waals surface area contributed by atoms with Crippen molar-refractivity contribution in [2.45, 2.75) is 44.8 Å². The monoisotopic (exact) mass is 311 g/mol. The normalized spacial score (nSPS) is 19.8. The first kappa shape index (κ1) is 16.8. The Morgan fingerprint density at radius 1 is 1.38 bits per heavy atom. The summed E-state index contributed by atoms with van der Waals surface area (Å²) in [5, 5.41) is 4.37. The van der Waals surface area contributed by atoms with Crippen molar-refractivity contribution < 1.29 is 9.47 Å². The zero-order chi connectivity index (χ0) is 14.9. The van der Waals surface area contributed by atoms with E-state index in [2.05, 4.69) is 24.4 Å². The van der Waals surface area contributed by atoms with Crippen molar-refractivity contribution in [2.24, 2.45) is 0 Å². The molecule has 0 radical (unpaired) electrons. The van der Waals surface area contributed by atoms with Gasteiger partial charge in [-0.05, 0) is 49.9 Å². The van der Waals surface area contributed by atoms with E-state index in [1.807, 2.05) is 12.1 Å². The van der Waals surface area contributed by atoms with Crippen molar-refractivity contribution in [2.75, 3.05) is 26.4 Å². The van der Waals surface area contributed by atoms with Crippen molar-refractivity contribution in [3.05, 3.63) is 34.9 Å². The molecule has 0 aliphatic carbocycles. The number of nitrogens with one attached hydrogen (secondary N) is 1. The second-order valence-corrected chi connectivity index (χ2v) is 5.97. The molecule has 1 fully saturated rings. The molecule has 1 saturated heterocycles. The maximum Gasteiger partial charge on any atom is 0.0809 e. The lowest BCUT2D eigenvalue weighted by Gasteiger charge is -2.17. The number of ether oxygens (including phenoxy) is 2. The van der Waals surface area contributed by atoms with Crippen LogP contribution in [0.4, 0.5) is 0 Å². The third kappa shape index (κ3) is 5.95. The zero-order valence-corrected chi connectivity index (χ0v) is 13.6. The fraction of sp³-hybridized carbons (Fsp3) is 0.647. The molecule has 1 aromatic rings. The lowest BCUT2D eigenvalue weighted by atomic mass is 10.0. The van der Waals surface area contributed by atoms with Crippen molar-refractivity contribution >= 4 is 11.6 Å². The summed E-state index contributed by atoms with van der Waals surface area (Å²) in [4.78, 5) is 0. The highest BCUT2D eigenvalue weighted by molar-refractivity contribution is 6.30. The lowest BCUT2D eigenvalue weighted by molar-refractivity contribution is 0.0165. The number of rotatable bonds is 9. The van der Waals surface area contributed by atoms with Gasteiger partial charge in [-0.2, -0.15) is 0 Å². The van der Waals surface area contributed by atoms with Crippen molar-refractivity contribution in [3.8, 4) is 0 Å². The third-order valence-corrected chi connectivity index (χ3v) is 4.12. The Bertz CT molecular complexity index is 390. The van der Waals surface area contributed by atoms with Crippen LogP contribution < -0.4 is 5.32 Å². The van der Waals surface area contributed by atoms with Crippen LogP contribution in [0.25, 0.3) is 0 Å². The van der Waals surface area contributed by atoms with Crippen LogP contribution in [0.5, 0.6) is 0 Å². The van der Waals surface area contributed by atoms with E-state index in [1.54, 1.807) is 0 Å². The minimum atomic E-state index is 0.329. The molecule has 3 nitrogen and oxygen atoms in total. The summed E-state index contributed by atoms with van der Waals surface area (Å²) < 4.78 is 11.2. The van der Waals surface area contributed by atoms with Gasteiger partial charge < -0.3 is 14.8 Å². The predicted octanol–water partition coefficient (Wildman–Crippen LogP) is 3.97. The minimum absolute atomic E-state index is 0.329. The van der Waals surface area contributed by atoms with Gasteiger partial charge in [0.05, 0.1) is 12.7 Å². The molecule has 1 aliphatic heterocycles. The molecular weight excluding hydrogens is 286 g/mol. The minimum Gasteiger partial charge on any atom is -0.379 e. The van der Waals surface area contributed by atoms with E-state index in [1.165, 1.54) is 12.0 Å². The Kier molecular flexibility index (Phi) is 7.51. The molecule has 2 unspecified atom stereocenters. The highest BCUT2D eigenvalue weighted by Gasteiger charge is 2.15. The first-order valence-electron chi connectivity index (χ1n) is 7.97. The van der Waals surface area contributed by atoms with E-state index in [0.717, 1.165) is 50.7 Å². The smallest absolute Gasteiger partial charge is 0.0809 e. The summed E-state index contributed by atoms with van der Waals surface area (Å²) in [6.45, 7) is 5.60. The molecule has 2 rings (SSSR count). The van der Waals surface area contributed by atoms with Gasteiger partial charge in [-0.1, -0.05) is 30.7 Å². The highest BCUT2D eigenvalue weighted by Crippen LogP contribution is 2.19. The topological polar surface area (TPSA) is 30.5 Å². The SMILES string of the molecule is CCC(NCCCOCC1CCCO1)c1ccc(Cl)cc1. The molecule has 21 heavy (non-hydrogen) atoms. The average Bonchev–Trinajstić information content (AvgIpc) is 3.01. The van der Waals surface area contributed by atoms with E-state index in [0.29, 0.717) is 12.1 Å². The van der Waals surface area contributed by atoms with Crippen molar-refractivity contribution in [3.63, 3.8) is 0 Å². The molecule has 0 bridgehead atoms. The maximum atomic E-state index is 5.93. The quantitative estimate of drug-likeness (QED) is 0.700. The van der Waals surface area contributed by atoms with Gasteiger partial charge in [-0.25, -0.2) is 0 Å². The molecule has 4 heteroatoms. The molecule has 0 aromatic heterocycles. The highest BCUT2D eigenvalue weighted by atomic mass is 35.5. The Morgan fingerprint density at radius 2 is 2.19 bits per heavy atom. The summed E-state index contributed by atoms with van der Waals surface area (Å²) in [6.07, 6.45) is 4.74. The van der Waals surface area contributed by atoms with E-state index in [9.17, 15) is 0 Å². The zero-order valence-electron chi connectivity index (χ0n) is 12.8. The van der Waals surface area contributed by atoms with Crippen LogP contribution >= 0.6 is 11.6 Å². The molecule has 118 valence electrons. The summed E-state index contributed by atoms with van der Waals surface area (Å²) in [5.74, 6) is 0. The van der Waals surface area contributed by atoms with Crippen LogP contribution in [0.1, 0.15) is 44.2 Å². The van der Waals surface area contributed by atoms with Gasteiger partial charge in [0.25, 0.3) is 0 Å². The van der Waals surface area contributed by atoms with Gasteiger partial charge in [-0.15, -0.1) is 0 Å². The molecule has 0 saturated carbocycles. The molecule has 0 amide bonds. The number of halogens is 1. The third-order valence-electron chi connectivity index (χ3n) is 3.86. The van der Waals surface area contributed by atoms with Crippen LogP contribution in [0.2, 0.25) is 5.02 Å². The van der Waals surface area contributed by atoms with Crippen molar-refractivity contribution in [1.82, 2.24) is 5.32 Å². The Balaban J connectivity index is 1.58. The molecule has 0 spiro atoms. The van der Waals surface area contributed by atoms with E-state index >= 15 is 0 Å². The molecule has 1 N–H and O–H groups in total. The molecule has 1 heterocycles. The largest absolute Gasteiger partial charge is 0.379 e. The van der Waals surface area contributed by atoms with Gasteiger partial charge >= 0.3 is 0 Å². The lowest BCUT2D eigenvalue weighted by Crippen LogP contribution is -2.23. The molecular formula is C17H26ClNO2. The van der Waals surface area contributed by atoms with Gasteiger partial charge in [0.15, 0.2) is 0 Å². The van der Waals surface area contributed by atoms with E-state index < -0.39 is 0 Å². The molecule has 1 aliphatic rings. The van der Waals surface area contributed by atoms with Gasteiger partial charge in [0.1, 0.15) is 0 Å². The fourth-order valence-corrected chi connectivity index (χ4v) is 2.76. The van der Waals surface area contributed by atoms with Crippen molar-refractivity contribution in [1.29, 1.82) is 0 Å². The second-order valence-electron chi connectivity index (χ2n) is 5.53. The van der Waals surface area contributed by atoms with Crippen LogP contribution in [-0.2, 0) is 9.47 Å². The second kappa shape index (κ2) is 9.42. The summed E-state index contributed by atoms with van der Waals surface area (Å²) in [6, 6.07) is 8.48. The summed E-state index contributed by atoms with van der Waals surface area (Å²) >= 11 is 5.93. The summed E-state index contributed by atoms with van der Waals surface area (Å²) in [5.41, 5.74) is 1.29. The first-order chi connectivity index (χ1) is 10.3. The number of hydrogen-bond donors (Lipinski definition) is 1. The van der Waals surface area contributed by atoms with Crippen LogP contribution in [0.3, 0.4) is 0 Å². The maximum absolute atomic E-state index is 5.93. The van der Waals surface area contributed by atoms with E-state index in [-0.39, 0.29) is 0 Å². The Hall–Kier alpha value is -0.610. The Labute approximate surface area is 133 Å². The van der Waals surface area contributed by atoms with Crippen LogP contribution in [0.15, 0.2) is 24.3 Å². The van der Waals surface area contributed by atoms with Gasteiger partial charge in [0.2, 0.25) is 0 Å². The van der Waals surface area contributed by atoms with Gasteiger partial charge in [-0.3, -0.25) is 0 Å². The van der Waals surface area contributed by atoms with Crippen LogP contribution in [-0.4, -0.2) is 32.5 Å². The fourth-order valence-electron chi connectivity index (χ4n) is 2.63. The van der Waals surface area contributed by atoms with Crippen LogP contribution in [0, 0.1) is 0 Å². The standard InChI is InChI=1S/C17H26ClNO2/c1-2-17(14-6-8-15(18)9-7-14)19-10-4-11-20-13-16-5-3-12-21-16/h6-9,16-17,19H,2-5,10-13H2,1H3. The molecule has 2 atom stereocenters. The average molecular weight is 312 g/mol. The van der Waals surface area contributed by atoms with E-state index in [4.69, 9.17) is 21.1 Å². The number of benzene rings is 1. The predicted molar refractivity (Wildman–Crippen MR) is 86.9 cm³/mol. The number of hydrogen-bond acceptors (Lipinski definition) is 3. The Morgan fingerprint density at radius 3 is 2.86 bits per heavy atom.